The number of rotatable bonds is 3. The summed E-state index contributed by atoms with van der Waals surface area (Å²) in [6, 6.07) is 4.99. The third-order valence-corrected chi connectivity index (χ3v) is 3.18. The first kappa shape index (κ1) is 11.8. The van der Waals surface area contributed by atoms with Gasteiger partial charge in [-0.1, -0.05) is 6.08 Å². The Balaban J connectivity index is 3.11. The third-order valence-electron chi connectivity index (χ3n) is 2.03. The van der Waals surface area contributed by atoms with Gasteiger partial charge in [0.1, 0.15) is 11.9 Å². The molecule has 1 rings (SSSR count). The summed E-state index contributed by atoms with van der Waals surface area (Å²) < 4.78 is 13.2. The molecule has 1 aromatic carbocycles. The van der Waals surface area contributed by atoms with E-state index in [2.05, 4.69) is 6.58 Å². The van der Waals surface area contributed by atoms with Crippen LogP contribution in [-0.2, 0) is 0 Å². The zero-order chi connectivity index (χ0) is 11.4. The number of thioether (sulfide) groups is 1. The van der Waals surface area contributed by atoms with Crippen LogP contribution < -0.4 is 0 Å². The van der Waals surface area contributed by atoms with Gasteiger partial charge in [0.05, 0.1) is 5.56 Å². The smallest absolute Gasteiger partial charge is 0.127 e. The molecular formula is C12H12FNS. The highest BCUT2D eigenvalue weighted by atomic mass is 32.2. The molecule has 0 saturated carbocycles. The highest BCUT2D eigenvalue weighted by Crippen LogP contribution is 2.29. The third kappa shape index (κ3) is 2.84. The van der Waals surface area contributed by atoms with Crippen molar-refractivity contribution in [3.8, 4) is 6.07 Å². The van der Waals surface area contributed by atoms with E-state index in [0.29, 0.717) is 11.1 Å². The molecule has 0 aliphatic carbocycles. The molecule has 1 atom stereocenters. The van der Waals surface area contributed by atoms with Gasteiger partial charge in [-0.25, -0.2) is 4.39 Å². The van der Waals surface area contributed by atoms with Gasteiger partial charge < -0.3 is 0 Å². The Morgan fingerprint density at radius 3 is 2.80 bits per heavy atom. The van der Waals surface area contributed by atoms with Crippen molar-refractivity contribution < 1.29 is 4.39 Å². The number of hydrogen-bond donors (Lipinski definition) is 0. The Kier molecular flexibility index (Phi) is 3.93. The van der Waals surface area contributed by atoms with Crippen LogP contribution in [0.2, 0.25) is 0 Å². The van der Waals surface area contributed by atoms with Crippen molar-refractivity contribution in [2.45, 2.75) is 24.0 Å². The van der Waals surface area contributed by atoms with Gasteiger partial charge >= 0.3 is 0 Å². The SMILES string of the molecule is C=CC(C)Sc1cc(C)c(F)cc1C#N. The van der Waals surface area contributed by atoms with Crippen LogP contribution in [0, 0.1) is 24.1 Å². The van der Waals surface area contributed by atoms with Crippen LogP contribution in [0.5, 0.6) is 0 Å². The largest absolute Gasteiger partial charge is 0.207 e. The highest BCUT2D eigenvalue weighted by Gasteiger charge is 2.09. The van der Waals surface area contributed by atoms with Crippen LogP contribution in [0.3, 0.4) is 0 Å². The molecule has 1 nitrogen and oxygen atoms in total. The minimum absolute atomic E-state index is 0.210. The predicted molar refractivity (Wildman–Crippen MR) is 61.4 cm³/mol. The second kappa shape index (κ2) is 4.99. The van der Waals surface area contributed by atoms with E-state index in [0.717, 1.165) is 4.90 Å². The van der Waals surface area contributed by atoms with E-state index in [-0.39, 0.29) is 11.1 Å². The topological polar surface area (TPSA) is 23.8 Å². The minimum atomic E-state index is -0.331. The van der Waals surface area contributed by atoms with Crippen molar-refractivity contribution in [3.05, 3.63) is 41.7 Å². The normalized spacial score (nSPS) is 11.9. The van der Waals surface area contributed by atoms with Crippen LogP contribution in [0.25, 0.3) is 0 Å². The van der Waals surface area contributed by atoms with Crippen LogP contribution in [0.4, 0.5) is 4.39 Å². The van der Waals surface area contributed by atoms with E-state index in [9.17, 15) is 4.39 Å². The lowest BCUT2D eigenvalue weighted by Crippen LogP contribution is -1.93. The van der Waals surface area contributed by atoms with Gasteiger partial charge in [0.2, 0.25) is 0 Å². The van der Waals surface area contributed by atoms with Crippen LogP contribution in [-0.4, -0.2) is 5.25 Å². The summed E-state index contributed by atoms with van der Waals surface area (Å²) in [6.45, 7) is 7.35. The molecule has 3 heteroatoms. The molecule has 15 heavy (non-hydrogen) atoms. The van der Waals surface area contributed by atoms with Crippen LogP contribution in [0.1, 0.15) is 18.1 Å². The highest BCUT2D eigenvalue weighted by molar-refractivity contribution is 8.00. The molecule has 0 heterocycles. The van der Waals surface area contributed by atoms with Crippen LogP contribution in [0.15, 0.2) is 29.7 Å². The summed E-state index contributed by atoms with van der Waals surface area (Å²) in [5.74, 6) is -0.331. The summed E-state index contributed by atoms with van der Waals surface area (Å²) in [7, 11) is 0. The van der Waals surface area contributed by atoms with Gasteiger partial charge in [0.15, 0.2) is 0 Å². The molecule has 0 fully saturated rings. The maximum Gasteiger partial charge on any atom is 0.127 e. The van der Waals surface area contributed by atoms with Crippen molar-refractivity contribution in [1.29, 1.82) is 5.26 Å². The molecule has 0 aromatic heterocycles. The maximum absolute atomic E-state index is 13.2. The van der Waals surface area contributed by atoms with Crippen molar-refractivity contribution in [1.82, 2.24) is 0 Å². The number of aryl methyl sites for hydroxylation is 1. The Labute approximate surface area is 93.6 Å². The second-order valence-electron chi connectivity index (χ2n) is 3.27. The Morgan fingerprint density at radius 2 is 2.27 bits per heavy atom. The number of benzene rings is 1. The first-order valence-electron chi connectivity index (χ1n) is 4.58. The molecule has 1 unspecified atom stereocenters. The fourth-order valence-electron chi connectivity index (χ4n) is 1.09. The number of halogens is 1. The fraction of sp³-hybridized carbons (Fsp3) is 0.250. The van der Waals surface area contributed by atoms with E-state index >= 15 is 0 Å². The summed E-state index contributed by atoms with van der Waals surface area (Å²) in [6.07, 6.45) is 1.80. The lowest BCUT2D eigenvalue weighted by Gasteiger charge is -2.09. The Morgan fingerprint density at radius 1 is 1.60 bits per heavy atom. The van der Waals surface area contributed by atoms with Gasteiger partial charge in [0, 0.05) is 10.1 Å². The van der Waals surface area contributed by atoms with Gasteiger partial charge in [-0.2, -0.15) is 5.26 Å². The Hall–Kier alpha value is -1.27. The molecule has 0 radical (unpaired) electrons. The summed E-state index contributed by atoms with van der Waals surface area (Å²) in [5.41, 5.74) is 0.949. The molecule has 0 aliphatic rings. The van der Waals surface area contributed by atoms with Crippen molar-refractivity contribution in [3.63, 3.8) is 0 Å². The molecule has 0 aliphatic heterocycles. The zero-order valence-electron chi connectivity index (χ0n) is 8.75. The van der Waals surface area contributed by atoms with Gasteiger partial charge in [-0.15, -0.1) is 18.3 Å². The quantitative estimate of drug-likeness (QED) is 0.574. The van der Waals surface area contributed by atoms with E-state index in [4.69, 9.17) is 5.26 Å². The molecule has 0 N–H and O–H groups in total. The lowest BCUT2D eigenvalue weighted by atomic mass is 10.1. The molecule has 78 valence electrons. The Bertz CT molecular complexity index is 420. The van der Waals surface area contributed by atoms with Gasteiger partial charge in [-0.3, -0.25) is 0 Å². The van der Waals surface area contributed by atoms with Crippen molar-refractivity contribution in [2.24, 2.45) is 0 Å². The van der Waals surface area contributed by atoms with E-state index in [1.807, 2.05) is 13.0 Å². The molecule has 0 saturated heterocycles. The summed E-state index contributed by atoms with van der Waals surface area (Å²) >= 11 is 1.51. The van der Waals surface area contributed by atoms with Crippen molar-refractivity contribution in [2.75, 3.05) is 0 Å². The average Bonchev–Trinajstić information content (AvgIpc) is 2.22. The molecule has 0 bridgehead atoms. The molecule has 0 amide bonds. The lowest BCUT2D eigenvalue weighted by molar-refractivity contribution is 0.616. The van der Waals surface area contributed by atoms with E-state index < -0.39 is 0 Å². The number of nitriles is 1. The first-order chi connectivity index (χ1) is 7.08. The van der Waals surface area contributed by atoms with Crippen molar-refractivity contribution >= 4 is 11.8 Å². The average molecular weight is 221 g/mol. The first-order valence-corrected chi connectivity index (χ1v) is 5.46. The van der Waals surface area contributed by atoms with E-state index in [1.165, 1.54) is 17.8 Å². The number of hydrogen-bond acceptors (Lipinski definition) is 2. The van der Waals surface area contributed by atoms with E-state index in [1.54, 1.807) is 19.1 Å². The predicted octanol–water partition coefficient (Wildman–Crippen LogP) is 3.67. The zero-order valence-corrected chi connectivity index (χ0v) is 9.57. The monoisotopic (exact) mass is 221 g/mol. The standard InChI is InChI=1S/C12H12FNS/c1-4-9(3)15-12-5-8(2)11(13)6-10(12)7-14/h4-6,9H,1H2,2-3H3. The van der Waals surface area contributed by atoms with Crippen LogP contribution >= 0.6 is 11.8 Å². The van der Waals surface area contributed by atoms with Gasteiger partial charge in [0.25, 0.3) is 0 Å². The molecule has 1 aromatic rings. The second-order valence-corrected chi connectivity index (χ2v) is 4.69. The fourth-order valence-corrected chi connectivity index (χ4v) is 2.06. The molecule has 0 spiro atoms. The maximum atomic E-state index is 13.2. The molecular weight excluding hydrogens is 209 g/mol. The summed E-state index contributed by atoms with van der Waals surface area (Å²) in [5, 5.41) is 9.07. The summed E-state index contributed by atoms with van der Waals surface area (Å²) in [4.78, 5) is 0.809. The minimum Gasteiger partial charge on any atom is -0.207 e. The number of nitrogens with zero attached hydrogens (tertiary/aromatic N) is 1. The van der Waals surface area contributed by atoms with Gasteiger partial charge in [-0.05, 0) is 31.5 Å².